The summed E-state index contributed by atoms with van der Waals surface area (Å²) in [7, 11) is 0. The Morgan fingerprint density at radius 2 is 1.75 bits per heavy atom. The number of benzene rings is 2. The normalized spacial score (nSPS) is 18.9. The number of imide groups is 1. The number of aryl methyl sites for hydroxylation is 2. The van der Waals surface area contributed by atoms with Gasteiger partial charge in [-0.3, -0.25) is 15.0 Å². The molecule has 1 aliphatic rings. The molecule has 4 amide bonds. The van der Waals surface area contributed by atoms with E-state index in [1.54, 1.807) is 6.92 Å². The number of hydrazine groups is 1. The highest BCUT2D eigenvalue weighted by Crippen LogP contribution is 2.22. The zero-order valence-corrected chi connectivity index (χ0v) is 17.2. The number of nitrogens with zero attached hydrogens (tertiary/aromatic N) is 1. The number of amides is 4. The summed E-state index contributed by atoms with van der Waals surface area (Å²) in [5.41, 5.74) is 3.47. The van der Waals surface area contributed by atoms with Crippen molar-refractivity contribution < 1.29 is 14.4 Å². The minimum atomic E-state index is -1.04. The van der Waals surface area contributed by atoms with Crippen molar-refractivity contribution in [3.05, 3.63) is 70.2 Å². The van der Waals surface area contributed by atoms with E-state index in [4.69, 9.17) is 0 Å². The van der Waals surface area contributed by atoms with E-state index in [1.807, 2.05) is 54.6 Å². The van der Waals surface area contributed by atoms with Gasteiger partial charge in [-0.2, -0.15) is 5.01 Å². The van der Waals surface area contributed by atoms with Gasteiger partial charge in [0.15, 0.2) is 0 Å². The van der Waals surface area contributed by atoms with Crippen LogP contribution in [0.2, 0.25) is 0 Å². The second-order valence-electron chi connectivity index (χ2n) is 7.01. The molecule has 0 spiro atoms. The Morgan fingerprint density at radius 3 is 2.46 bits per heavy atom. The molecule has 2 aromatic rings. The van der Waals surface area contributed by atoms with E-state index in [0.29, 0.717) is 19.3 Å². The van der Waals surface area contributed by atoms with Gasteiger partial charge in [-0.05, 0) is 43.4 Å². The van der Waals surface area contributed by atoms with Crippen molar-refractivity contribution in [1.82, 2.24) is 15.8 Å². The van der Waals surface area contributed by atoms with Crippen LogP contribution in [-0.2, 0) is 22.4 Å². The zero-order chi connectivity index (χ0) is 20.1. The van der Waals surface area contributed by atoms with Crippen LogP contribution in [0.25, 0.3) is 0 Å². The van der Waals surface area contributed by atoms with Crippen molar-refractivity contribution >= 4 is 33.8 Å². The molecule has 2 N–H and O–H groups in total. The Labute approximate surface area is 172 Å². The van der Waals surface area contributed by atoms with Crippen molar-refractivity contribution in [3.8, 4) is 0 Å². The van der Waals surface area contributed by atoms with Gasteiger partial charge in [0, 0.05) is 10.9 Å². The van der Waals surface area contributed by atoms with Crippen molar-refractivity contribution in [2.45, 2.75) is 38.1 Å². The first kappa shape index (κ1) is 20.1. The molecule has 0 saturated carbocycles. The summed E-state index contributed by atoms with van der Waals surface area (Å²) < 4.78 is 0.922. The van der Waals surface area contributed by atoms with E-state index < -0.39 is 17.5 Å². The Kier molecular flexibility index (Phi) is 6.14. The maximum absolute atomic E-state index is 12.7. The van der Waals surface area contributed by atoms with Gasteiger partial charge < -0.3 is 5.32 Å². The van der Waals surface area contributed by atoms with Gasteiger partial charge in [-0.1, -0.05) is 64.5 Å². The number of hydrogen-bond donors (Lipinski definition) is 2. The van der Waals surface area contributed by atoms with Crippen molar-refractivity contribution in [3.63, 3.8) is 0 Å². The molecular weight excluding hydrogens is 422 g/mol. The summed E-state index contributed by atoms with van der Waals surface area (Å²) in [6, 6.07) is 16.8. The first-order valence-electron chi connectivity index (χ1n) is 9.12. The lowest BCUT2D eigenvalue weighted by Crippen LogP contribution is -2.49. The first-order chi connectivity index (χ1) is 13.4. The van der Waals surface area contributed by atoms with Crippen LogP contribution in [0.15, 0.2) is 59.1 Å². The van der Waals surface area contributed by atoms with Gasteiger partial charge in [-0.15, -0.1) is 0 Å². The second-order valence-corrected chi connectivity index (χ2v) is 7.87. The molecule has 1 aliphatic heterocycles. The molecule has 1 saturated heterocycles. The van der Waals surface area contributed by atoms with Crippen LogP contribution in [0.1, 0.15) is 30.9 Å². The van der Waals surface area contributed by atoms with E-state index in [1.165, 1.54) is 0 Å². The molecule has 0 radical (unpaired) electrons. The molecule has 1 unspecified atom stereocenters. The van der Waals surface area contributed by atoms with Crippen molar-refractivity contribution in [2.24, 2.45) is 0 Å². The highest BCUT2D eigenvalue weighted by Gasteiger charge is 2.48. The topological polar surface area (TPSA) is 78.5 Å². The molecule has 28 heavy (non-hydrogen) atoms. The maximum atomic E-state index is 12.7. The third kappa shape index (κ3) is 4.59. The van der Waals surface area contributed by atoms with Crippen LogP contribution in [0.3, 0.4) is 0 Å². The number of hydrogen-bond acceptors (Lipinski definition) is 3. The van der Waals surface area contributed by atoms with Gasteiger partial charge in [0.1, 0.15) is 5.54 Å². The summed E-state index contributed by atoms with van der Waals surface area (Å²) in [5.74, 6) is -0.825. The fourth-order valence-electron chi connectivity index (χ4n) is 3.12. The average Bonchev–Trinajstić information content (AvgIpc) is 2.90. The molecule has 146 valence electrons. The molecule has 1 heterocycles. The van der Waals surface area contributed by atoms with Crippen LogP contribution < -0.4 is 10.7 Å². The number of halogens is 1. The van der Waals surface area contributed by atoms with Crippen LogP contribution in [0.5, 0.6) is 0 Å². The third-order valence-corrected chi connectivity index (χ3v) is 5.61. The van der Waals surface area contributed by atoms with E-state index in [0.717, 1.165) is 20.6 Å². The van der Waals surface area contributed by atoms with E-state index in [-0.39, 0.29) is 12.3 Å². The molecule has 1 fully saturated rings. The van der Waals surface area contributed by atoms with E-state index >= 15 is 0 Å². The quantitative estimate of drug-likeness (QED) is 0.643. The molecular formula is C21H22BrN3O3. The highest BCUT2D eigenvalue weighted by molar-refractivity contribution is 9.10. The van der Waals surface area contributed by atoms with Gasteiger partial charge in [-0.25, -0.2) is 4.79 Å². The molecule has 0 aliphatic carbocycles. The fourth-order valence-corrected chi connectivity index (χ4v) is 3.61. The van der Waals surface area contributed by atoms with Gasteiger partial charge in [0.05, 0.1) is 0 Å². The third-order valence-electron chi connectivity index (χ3n) is 4.83. The molecule has 0 bridgehead atoms. The SMILES string of the molecule is CC1(CCc2ccccc2)NC(=O)N(NC(=O)CCc2ccccc2Br)C1=O. The largest absolute Gasteiger partial charge is 0.344 e. The van der Waals surface area contributed by atoms with E-state index in [2.05, 4.69) is 26.7 Å². The molecule has 7 heteroatoms. The fraction of sp³-hybridized carbons (Fsp3) is 0.286. The monoisotopic (exact) mass is 443 g/mol. The van der Waals surface area contributed by atoms with Crippen LogP contribution in [0.4, 0.5) is 4.79 Å². The van der Waals surface area contributed by atoms with Gasteiger partial charge in [0.2, 0.25) is 5.91 Å². The Hall–Kier alpha value is -2.67. The molecule has 2 aromatic carbocycles. The minimum Gasteiger partial charge on any atom is -0.322 e. The number of carbonyl (C=O) groups is 3. The molecule has 6 nitrogen and oxygen atoms in total. The van der Waals surface area contributed by atoms with Gasteiger partial charge >= 0.3 is 6.03 Å². The van der Waals surface area contributed by atoms with Crippen LogP contribution in [-0.4, -0.2) is 28.4 Å². The number of carbonyl (C=O) groups excluding carboxylic acids is 3. The Bertz CT molecular complexity index is 887. The predicted molar refractivity (Wildman–Crippen MR) is 109 cm³/mol. The lowest BCUT2D eigenvalue weighted by molar-refractivity contribution is -0.138. The molecule has 1 atom stereocenters. The highest BCUT2D eigenvalue weighted by atomic mass is 79.9. The van der Waals surface area contributed by atoms with Crippen molar-refractivity contribution in [2.75, 3.05) is 0 Å². The van der Waals surface area contributed by atoms with Crippen LogP contribution >= 0.6 is 15.9 Å². The first-order valence-corrected chi connectivity index (χ1v) is 9.92. The van der Waals surface area contributed by atoms with E-state index in [9.17, 15) is 14.4 Å². The second kappa shape index (κ2) is 8.56. The summed E-state index contributed by atoms with van der Waals surface area (Å²) >= 11 is 3.44. The average molecular weight is 444 g/mol. The molecule has 0 aromatic heterocycles. The zero-order valence-electron chi connectivity index (χ0n) is 15.6. The summed E-state index contributed by atoms with van der Waals surface area (Å²) in [4.78, 5) is 37.3. The predicted octanol–water partition coefficient (Wildman–Crippen LogP) is 3.36. The van der Waals surface area contributed by atoms with Gasteiger partial charge in [0.25, 0.3) is 5.91 Å². The smallest absolute Gasteiger partial charge is 0.322 e. The minimum absolute atomic E-state index is 0.167. The number of nitrogens with one attached hydrogen (secondary N) is 2. The van der Waals surface area contributed by atoms with Crippen molar-refractivity contribution in [1.29, 1.82) is 0 Å². The van der Waals surface area contributed by atoms with Crippen LogP contribution in [0, 0.1) is 0 Å². The lowest BCUT2D eigenvalue weighted by atomic mass is 9.93. The Balaban J connectivity index is 1.57. The summed E-state index contributed by atoms with van der Waals surface area (Å²) in [6.07, 6.45) is 1.76. The molecule has 3 rings (SSSR count). The number of urea groups is 1. The maximum Gasteiger partial charge on any atom is 0.344 e. The standard InChI is InChI=1S/C21H22BrN3O3/c1-21(14-13-15-7-3-2-4-8-15)19(27)25(20(28)23-21)24-18(26)12-11-16-9-5-6-10-17(16)22/h2-10H,11-14H2,1H3,(H,23,28)(H,24,26). The Morgan fingerprint density at radius 1 is 1.07 bits per heavy atom. The number of rotatable bonds is 7. The summed E-state index contributed by atoms with van der Waals surface area (Å²) in [6.45, 7) is 1.68. The lowest BCUT2D eigenvalue weighted by Gasteiger charge is -2.21. The summed E-state index contributed by atoms with van der Waals surface area (Å²) in [5, 5.41) is 3.50.